The Kier molecular flexibility index (Phi) is 5.82. The van der Waals surface area contributed by atoms with Gasteiger partial charge in [0.15, 0.2) is 0 Å². The fourth-order valence-electron chi connectivity index (χ4n) is 2.95. The molecule has 0 radical (unpaired) electrons. The van der Waals surface area contributed by atoms with Gasteiger partial charge >= 0.3 is 6.18 Å². The predicted molar refractivity (Wildman–Crippen MR) is 99.4 cm³/mol. The zero-order valence-corrected chi connectivity index (χ0v) is 15.0. The molecule has 146 valence electrons. The molecule has 1 aliphatic heterocycles. The molecule has 2 aromatic carbocycles. The monoisotopic (exact) mass is 388 g/mol. The summed E-state index contributed by atoms with van der Waals surface area (Å²) < 4.78 is 37.7. The van der Waals surface area contributed by atoms with Gasteiger partial charge in [-0.1, -0.05) is 30.3 Å². The summed E-state index contributed by atoms with van der Waals surface area (Å²) in [5.41, 5.74) is 0.402. The van der Waals surface area contributed by atoms with E-state index in [1.54, 1.807) is 34.1 Å². The zero-order valence-electron chi connectivity index (χ0n) is 15.0. The maximum absolute atomic E-state index is 12.6. The summed E-state index contributed by atoms with van der Waals surface area (Å²) >= 11 is 0. The number of piperazine rings is 1. The SMILES string of the molecule is O=C(/C=C/c1ccc(C(F)(F)F)cc1)N1CCN(C(=O)c2ccccc2)CC1. The summed E-state index contributed by atoms with van der Waals surface area (Å²) in [6.45, 7) is 1.70. The van der Waals surface area contributed by atoms with Gasteiger partial charge in [-0.05, 0) is 35.9 Å². The molecule has 0 bridgehead atoms. The normalized spacial score (nSPS) is 15.1. The van der Waals surface area contributed by atoms with Crippen LogP contribution in [-0.2, 0) is 11.0 Å². The standard InChI is InChI=1S/C21H19F3N2O2/c22-21(23,24)18-9-6-16(7-10-18)8-11-19(27)25-12-14-26(15-13-25)20(28)17-4-2-1-3-5-17/h1-11H,12-15H2/b11-8+. The molecule has 1 fully saturated rings. The van der Waals surface area contributed by atoms with Gasteiger partial charge in [0.2, 0.25) is 5.91 Å². The first-order valence-electron chi connectivity index (χ1n) is 8.83. The van der Waals surface area contributed by atoms with Crippen molar-refractivity contribution in [3.05, 3.63) is 77.4 Å². The molecule has 0 aromatic heterocycles. The third-order valence-electron chi connectivity index (χ3n) is 4.56. The molecular formula is C21H19F3N2O2. The first-order valence-corrected chi connectivity index (χ1v) is 8.83. The fraction of sp³-hybridized carbons (Fsp3) is 0.238. The smallest absolute Gasteiger partial charge is 0.336 e. The molecule has 1 aliphatic rings. The fourth-order valence-corrected chi connectivity index (χ4v) is 2.95. The van der Waals surface area contributed by atoms with Crippen molar-refractivity contribution in [1.82, 2.24) is 9.80 Å². The summed E-state index contributed by atoms with van der Waals surface area (Å²) in [5, 5.41) is 0. The van der Waals surface area contributed by atoms with Crippen LogP contribution in [0.2, 0.25) is 0 Å². The number of alkyl halides is 3. The topological polar surface area (TPSA) is 40.6 Å². The van der Waals surface area contributed by atoms with Gasteiger partial charge in [-0.3, -0.25) is 9.59 Å². The van der Waals surface area contributed by atoms with E-state index in [4.69, 9.17) is 0 Å². The number of halogens is 3. The van der Waals surface area contributed by atoms with Gasteiger partial charge in [0.25, 0.3) is 5.91 Å². The highest BCUT2D eigenvalue weighted by Gasteiger charge is 2.29. The Balaban J connectivity index is 1.54. The molecule has 0 unspecified atom stereocenters. The maximum Gasteiger partial charge on any atom is 0.416 e. The van der Waals surface area contributed by atoms with Crippen LogP contribution in [-0.4, -0.2) is 47.8 Å². The maximum atomic E-state index is 12.6. The largest absolute Gasteiger partial charge is 0.416 e. The molecule has 2 amide bonds. The Labute approximate surface area is 160 Å². The van der Waals surface area contributed by atoms with Crippen molar-refractivity contribution in [2.45, 2.75) is 6.18 Å². The minimum atomic E-state index is -4.38. The number of rotatable bonds is 3. The molecule has 0 N–H and O–H groups in total. The number of benzene rings is 2. The van der Waals surface area contributed by atoms with E-state index in [9.17, 15) is 22.8 Å². The van der Waals surface area contributed by atoms with Crippen molar-refractivity contribution in [3.8, 4) is 0 Å². The van der Waals surface area contributed by atoms with E-state index in [0.717, 1.165) is 12.1 Å². The number of amides is 2. The van der Waals surface area contributed by atoms with Crippen molar-refractivity contribution in [1.29, 1.82) is 0 Å². The van der Waals surface area contributed by atoms with Crippen LogP contribution in [0.25, 0.3) is 6.08 Å². The minimum Gasteiger partial charge on any atom is -0.336 e. The Morgan fingerprint density at radius 2 is 1.39 bits per heavy atom. The van der Waals surface area contributed by atoms with Crippen molar-refractivity contribution in [3.63, 3.8) is 0 Å². The molecule has 28 heavy (non-hydrogen) atoms. The van der Waals surface area contributed by atoms with Crippen LogP contribution in [0.5, 0.6) is 0 Å². The zero-order chi connectivity index (χ0) is 20.1. The second-order valence-corrected chi connectivity index (χ2v) is 6.44. The van der Waals surface area contributed by atoms with Gasteiger partial charge in [-0.2, -0.15) is 13.2 Å². The van der Waals surface area contributed by atoms with E-state index in [2.05, 4.69) is 0 Å². The van der Waals surface area contributed by atoms with E-state index in [0.29, 0.717) is 37.3 Å². The Bertz CT molecular complexity index is 853. The molecule has 1 saturated heterocycles. The van der Waals surface area contributed by atoms with Crippen LogP contribution in [0.1, 0.15) is 21.5 Å². The molecule has 2 aromatic rings. The Hall–Kier alpha value is -3.09. The molecule has 3 rings (SSSR count). The Morgan fingerprint density at radius 3 is 1.96 bits per heavy atom. The summed E-state index contributed by atoms with van der Waals surface area (Å²) in [4.78, 5) is 28.0. The summed E-state index contributed by atoms with van der Waals surface area (Å²) in [6.07, 6.45) is -1.55. The second kappa shape index (κ2) is 8.29. The first kappa shape index (κ1) is 19.7. The number of hydrogen-bond acceptors (Lipinski definition) is 2. The summed E-state index contributed by atoms with van der Waals surface area (Å²) in [6, 6.07) is 13.6. The molecule has 0 aliphatic carbocycles. The quantitative estimate of drug-likeness (QED) is 0.753. The highest BCUT2D eigenvalue weighted by atomic mass is 19.4. The van der Waals surface area contributed by atoms with E-state index in [-0.39, 0.29) is 11.8 Å². The number of carbonyl (C=O) groups excluding carboxylic acids is 2. The molecule has 1 heterocycles. The minimum absolute atomic E-state index is 0.0620. The third-order valence-corrected chi connectivity index (χ3v) is 4.56. The Morgan fingerprint density at radius 1 is 0.821 bits per heavy atom. The average Bonchev–Trinajstić information content (AvgIpc) is 2.72. The number of hydrogen-bond donors (Lipinski definition) is 0. The van der Waals surface area contributed by atoms with Crippen LogP contribution in [0.15, 0.2) is 60.7 Å². The summed E-state index contributed by atoms with van der Waals surface area (Å²) in [5.74, 6) is -0.292. The van der Waals surface area contributed by atoms with Gasteiger partial charge in [0.1, 0.15) is 0 Å². The summed E-state index contributed by atoms with van der Waals surface area (Å²) in [7, 11) is 0. The van der Waals surface area contributed by atoms with E-state index < -0.39 is 11.7 Å². The van der Waals surface area contributed by atoms with Gasteiger partial charge < -0.3 is 9.80 Å². The lowest BCUT2D eigenvalue weighted by atomic mass is 10.1. The average molecular weight is 388 g/mol. The van der Waals surface area contributed by atoms with Crippen LogP contribution in [0, 0.1) is 0 Å². The highest BCUT2D eigenvalue weighted by molar-refractivity contribution is 5.95. The lowest BCUT2D eigenvalue weighted by Crippen LogP contribution is -2.50. The second-order valence-electron chi connectivity index (χ2n) is 6.44. The highest BCUT2D eigenvalue weighted by Crippen LogP contribution is 2.29. The molecule has 0 atom stereocenters. The van der Waals surface area contributed by atoms with Gasteiger partial charge in [0.05, 0.1) is 5.56 Å². The van der Waals surface area contributed by atoms with E-state index in [1.165, 1.54) is 24.3 Å². The predicted octanol–water partition coefficient (Wildman–Crippen LogP) is 3.70. The third kappa shape index (κ3) is 4.79. The molecule has 0 spiro atoms. The van der Waals surface area contributed by atoms with E-state index >= 15 is 0 Å². The molecule has 7 heteroatoms. The van der Waals surface area contributed by atoms with Gasteiger partial charge in [-0.25, -0.2) is 0 Å². The molecule has 0 saturated carbocycles. The lowest BCUT2D eigenvalue weighted by Gasteiger charge is -2.34. The van der Waals surface area contributed by atoms with Crippen molar-refractivity contribution < 1.29 is 22.8 Å². The van der Waals surface area contributed by atoms with Crippen molar-refractivity contribution in [2.75, 3.05) is 26.2 Å². The molecule has 4 nitrogen and oxygen atoms in total. The van der Waals surface area contributed by atoms with Gasteiger partial charge in [0, 0.05) is 37.8 Å². The van der Waals surface area contributed by atoms with Crippen molar-refractivity contribution in [2.24, 2.45) is 0 Å². The molecular weight excluding hydrogens is 369 g/mol. The van der Waals surface area contributed by atoms with Gasteiger partial charge in [-0.15, -0.1) is 0 Å². The lowest BCUT2D eigenvalue weighted by molar-refractivity contribution is -0.137. The van der Waals surface area contributed by atoms with Crippen molar-refractivity contribution >= 4 is 17.9 Å². The van der Waals surface area contributed by atoms with Crippen LogP contribution < -0.4 is 0 Å². The number of nitrogens with zero attached hydrogens (tertiary/aromatic N) is 2. The van der Waals surface area contributed by atoms with Crippen LogP contribution in [0.4, 0.5) is 13.2 Å². The van der Waals surface area contributed by atoms with E-state index in [1.807, 2.05) is 6.07 Å². The number of carbonyl (C=O) groups is 2. The first-order chi connectivity index (χ1) is 13.3. The van der Waals surface area contributed by atoms with Crippen LogP contribution in [0.3, 0.4) is 0 Å². The van der Waals surface area contributed by atoms with Crippen LogP contribution >= 0.6 is 0 Å².